The Balaban J connectivity index is 1.86. The number of hydrogen-bond donors (Lipinski definition) is 1. The van der Waals surface area contributed by atoms with Crippen molar-refractivity contribution in [1.82, 2.24) is 5.32 Å². The van der Waals surface area contributed by atoms with Crippen LogP contribution in [-0.4, -0.2) is 11.9 Å². The molecule has 0 unspecified atom stereocenters. The minimum Gasteiger partial charge on any atom is -0.457 e. The molecule has 0 radical (unpaired) electrons. The number of carbonyl (C=O) groups is 1. The maximum atomic E-state index is 11.9. The molecule has 4 heteroatoms. The van der Waals surface area contributed by atoms with Gasteiger partial charge in [-0.3, -0.25) is 4.79 Å². The van der Waals surface area contributed by atoms with Crippen molar-refractivity contribution in [3.8, 4) is 0 Å². The van der Waals surface area contributed by atoms with E-state index in [1.54, 1.807) is 6.07 Å². The van der Waals surface area contributed by atoms with E-state index in [4.69, 9.17) is 4.42 Å². The highest BCUT2D eigenvalue weighted by Gasteiger charge is 2.22. The van der Waals surface area contributed by atoms with Gasteiger partial charge in [0.25, 0.3) is 5.91 Å². The monoisotopic (exact) mass is 299 g/mol. The van der Waals surface area contributed by atoms with Gasteiger partial charge in [0.15, 0.2) is 4.67 Å². The summed E-state index contributed by atoms with van der Waals surface area (Å²) in [5, 5.41) is 3.08. The van der Waals surface area contributed by atoms with E-state index in [1.807, 2.05) is 0 Å². The van der Waals surface area contributed by atoms with Gasteiger partial charge in [-0.2, -0.15) is 0 Å². The highest BCUT2D eigenvalue weighted by molar-refractivity contribution is 9.10. The van der Waals surface area contributed by atoms with Crippen LogP contribution in [0.3, 0.4) is 0 Å². The summed E-state index contributed by atoms with van der Waals surface area (Å²) in [5.74, 6) is 0.814. The lowest BCUT2D eigenvalue weighted by Crippen LogP contribution is -2.37. The second-order valence-electron chi connectivity index (χ2n) is 4.71. The number of nitrogens with one attached hydrogen (secondary N) is 1. The molecule has 0 bridgehead atoms. The van der Waals surface area contributed by atoms with E-state index in [0.29, 0.717) is 16.3 Å². The van der Waals surface area contributed by atoms with Crippen LogP contribution >= 0.6 is 15.9 Å². The molecule has 0 saturated heterocycles. The van der Waals surface area contributed by atoms with Crippen molar-refractivity contribution in [2.45, 2.75) is 45.1 Å². The summed E-state index contributed by atoms with van der Waals surface area (Å²) in [7, 11) is 0. The maximum Gasteiger partial charge on any atom is 0.255 e. The molecular weight excluding hydrogens is 282 g/mol. The molecule has 0 spiro atoms. The van der Waals surface area contributed by atoms with Gasteiger partial charge in [0.05, 0.1) is 11.8 Å². The van der Waals surface area contributed by atoms with E-state index in [-0.39, 0.29) is 5.91 Å². The molecule has 1 saturated carbocycles. The van der Waals surface area contributed by atoms with E-state index in [2.05, 4.69) is 28.2 Å². The fourth-order valence-corrected chi connectivity index (χ4v) is 2.85. The van der Waals surface area contributed by atoms with E-state index in [9.17, 15) is 4.79 Å². The fourth-order valence-electron chi connectivity index (χ4n) is 2.43. The average molecular weight is 300 g/mol. The van der Waals surface area contributed by atoms with Gasteiger partial charge < -0.3 is 9.73 Å². The maximum absolute atomic E-state index is 11.9. The van der Waals surface area contributed by atoms with E-state index in [1.165, 1.54) is 25.5 Å². The molecular formula is C13H18BrNO2. The minimum atomic E-state index is -0.0365. The third kappa shape index (κ3) is 3.12. The molecule has 0 atom stereocenters. The van der Waals surface area contributed by atoms with Crippen molar-refractivity contribution >= 4 is 21.8 Å². The first-order valence-electron chi connectivity index (χ1n) is 6.24. The standard InChI is InChI=1S/C13H18BrNO2/c1-2-9-3-5-10(6-4-9)15-13(16)11-7-8-17-12(11)14/h7-10H,2-6H2,1H3,(H,15,16). The van der Waals surface area contributed by atoms with Crippen LogP contribution in [0.25, 0.3) is 0 Å². The van der Waals surface area contributed by atoms with E-state index in [0.717, 1.165) is 18.8 Å². The molecule has 1 aliphatic rings. The highest BCUT2D eigenvalue weighted by Crippen LogP contribution is 2.27. The SMILES string of the molecule is CCC1CCC(NC(=O)c2ccoc2Br)CC1. The third-order valence-corrected chi connectivity index (χ3v) is 4.24. The molecule has 0 aromatic carbocycles. The predicted molar refractivity (Wildman–Crippen MR) is 69.9 cm³/mol. The quantitative estimate of drug-likeness (QED) is 0.924. The normalized spacial score (nSPS) is 24.6. The summed E-state index contributed by atoms with van der Waals surface area (Å²) in [4.78, 5) is 11.9. The third-order valence-electron chi connectivity index (χ3n) is 3.62. The van der Waals surface area contributed by atoms with Gasteiger partial charge in [-0.25, -0.2) is 0 Å². The Labute approximate surface area is 110 Å². The van der Waals surface area contributed by atoms with Crippen molar-refractivity contribution in [3.05, 3.63) is 22.6 Å². The fraction of sp³-hybridized carbons (Fsp3) is 0.615. The van der Waals surface area contributed by atoms with Crippen LogP contribution in [0.2, 0.25) is 0 Å². The van der Waals surface area contributed by atoms with Crippen LogP contribution in [0, 0.1) is 5.92 Å². The zero-order valence-electron chi connectivity index (χ0n) is 10.0. The lowest BCUT2D eigenvalue weighted by molar-refractivity contribution is 0.0920. The van der Waals surface area contributed by atoms with Crippen LogP contribution in [0.1, 0.15) is 49.4 Å². The number of carbonyl (C=O) groups excluding carboxylic acids is 1. The molecule has 1 amide bonds. The Hall–Kier alpha value is -0.770. The molecule has 3 nitrogen and oxygen atoms in total. The van der Waals surface area contributed by atoms with Crippen LogP contribution in [-0.2, 0) is 0 Å². The van der Waals surface area contributed by atoms with E-state index < -0.39 is 0 Å². The predicted octanol–water partition coefficient (Wildman–Crippen LogP) is 3.74. The van der Waals surface area contributed by atoms with Crippen LogP contribution in [0.5, 0.6) is 0 Å². The minimum absolute atomic E-state index is 0.0365. The summed E-state index contributed by atoms with van der Waals surface area (Å²) < 4.78 is 5.58. The van der Waals surface area contributed by atoms with Gasteiger partial charge in [-0.15, -0.1) is 0 Å². The Morgan fingerprint density at radius 2 is 2.18 bits per heavy atom. The Morgan fingerprint density at radius 1 is 1.47 bits per heavy atom. The summed E-state index contributed by atoms with van der Waals surface area (Å²) in [6, 6.07) is 2.02. The van der Waals surface area contributed by atoms with Crippen molar-refractivity contribution in [3.63, 3.8) is 0 Å². The lowest BCUT2D eigenvalue weighted by Gasteiger charge is -2.28. The van der Waals surface area contributed by atoms with Crippen LogP contribution in [0.15, 0.2) is 21.4 Å². The number of hydrogen-bond acceptors (Lipinski definition) is 2. The molecule has 94 valence electrons. The molecule has 1 aliphatic carbocycles. The van der Waals surface area contributed by atoms with Gasteiger partial charge in [0.1, 0.15) is 0 Å². The van der Waals surface area contributed by atoms with Crippen molar-refractivity contribution in [1.29, 1.82) is 0 Å². The van der Waals surface area contributed by atoms with Gasteiger partial charge >= 0.3 is 0 Å². The van der Waals surface area contributed by atoms with Crippen LogP contribution < -0.4 is 5.32 Å². The van der Waals surface area contributed by atoms with Crippen LogP contribution in [0.4, 0.5) is 0 Å². The second kappa shape index (κ2) is 5.71. The Morgan fingerprint density at radius 3 is 2.71 bits per heavy atom. The highest BCUT2D eigenvalue weighted by atomic mass is 79.9. The molecule has 1 fully saturated rings. The second-order valence-corrected chi connectivity index (χ2v) is 5.43. The Bertz CT molecular complexity index is 381. The molecule has 17 heavy (non-hydrogen) atoms. The van der Waals surface area contributed by atoms with Crippen molar-refractivity contribution < 1.29 is 9.21 Å². The lowest BCUT2D eigenvalue weighted by atomic mass is 9.84. The summed E-state index contributed by atoms with van der Waals surface area (Å²) >= 11 is 3.22. The number of rotatable bonds is 3. The molecule has 0 aliphatic heterocycles. The smallest absolute Gasteiger partial charge is 0.255 e. The van der Waals surface area contributed by atoms with Gasteiger partial charge in [0, 0.05) is 6.04 Å². The van der Waals surface area contributed by atoms with Crippen molar-refractivity contribution in [2.24, 2.45) is 5.92 Å². The summed E-state index contributed by atoms with van der Waals surface area (Å²) in [6.07, 6.45) is 7.43. The summed E-state index contributed by atoms with van der Waals surface area (Å²) in [5.41, 5.74) is 0.586. The van der Waals surface area contributed by atoms with Crippen molar-refractivity contribution in [2.75, 3.05) is 0 Å². The van der Waals surface area contributed by atoms with Gasteiger partial charge in [-0.05, 0) is 53.6 Å². The first-order chi connectivity index (χ1) is 8.20. The van der Waals surface area contributed by atoms with Gasteiger partial charge in [-0.1, -0.05) is 13.3 Å². The molecule has 1 aromatic heterocycles. The van der Waals surface area contributed by atoms with E-state index >= 15 is 0 Å². The number of amides is 1. The van der Waals surface area contributed by atoms with Gasteiger partial charge in [0.2, 0.25) is 0 Å². The zero-order valence-corrected chi connectivity index (χ0v) is 11.6. The molecule has 1 aromatic rings. The Kier molecular flexibility index (Phi) is 4.26. The number of furan rings is 1. The number of halogens is 1. The average Bonchev–Trinajstić information content (AvgIpc) is 2.76. The zero-order chi connectivity index (χ0) is 12.3. The summed E-state index contributed by atoms with van der Waals surface area (Å²) in [6.45, 7) is 2.24. The molecule has 1 heterocycles. The first kappa shape index (κ1) is 12.7. The molecule has 1 N–H and O–H groups in total. The largest absolute Gasteiger partial charge is 0.457 e. The molecule has 2 rings (SSSR count). The topological polar surface area (TPSA) is 42.2 Å². The first-order valence-corrected chi connectivity index (χ1v) is 7.03.